The van der Waals surface area contributed by atoms with Crippen molar-refractivity contribution in [3.05, 3.63) is 38.9 Å². The van der Waals surface area contributed by atoms with Gasteiger partial charge in [0.1, 0.15) is 18.1 Å². The number of aromatic nitrogens is 1. The molecule has 6 nitrogen and oxygen atoms in total. The number of halogens is 3. The van der Waals surface area contributed by atoms with Gasteiger partial charge in [0.05, 0.1) is 28.2 Å². The molecule has 1 unspecified atom stereocenters. The Balaban J connectivity index is 2.28. The van der Waals surface area contributed by atoms with Gasteiger partial charge in [0.25, 0.3) is 0 Å². The molecule has 0 amide bonds. The minimum Gasteiger partial charge on any atom is -0.477 e. The van der Waals surface area contributed by atoms with Crippen LogP contribution in [0.25, 0.3) is 10.9 Å². The van der Waals surface area contributed by atoms with E-state index in [9.17, 15) is 23.5 Å². The van der Waals surface area contributed by atoms with E-state index in [1.54, 1.807) is 4.90 Å². The van der Waals surface area contributed by atoms with Crippen molar-refractivity contribution in [3.8, 4) is 0 Å². The van der Waals surface area contributed by atoms with Gasteiger partial charge in [0.2, 0.25) is 5.43 Å². The van der Waals surface area contributed by atoms with Crippen LogP contribution in [-0.2, 0) is 6.54 Å². The van der Waals surface area contributed by atoms with Crippen LogP contribution in [-0.4, -0.2) is 42.0 Å². The zero-order chi connectivity index (χ0) is 19.0. The van der Waals surface area contributed by atoms with E-state index in [0.717, 1.165) is 18.7 Å². The number of rotatable bonds is 5. The molecule has 1 aliphatic rings. The van der Waals surface area contributed by atoms with E-state index in [-0.39, 0.29) is 34.1 Å². The molecule has 26 heavy (non-hydrogen) atoms. The van der Waals surface area contributed by atoms with Crippen molar-refractivity contribution in [2.24, 2.45) is 11.7 Å². The Hall–Kier alpha value is -2.19. The molecule has 1 saturated heterocycles. The zero-order valence-corrected chi connectivity index (χ0v) is 14.6. The molecule has 3 rings (SSSR count). The fourth-order valence-electron chi connectivity index (χ4n) is 3.41. The first kappa shape index (κ1) is 18.6. The number of hydrogen-bond acceptors (Lipinski definition) is 4. The predicted octanol–water partition coefficient (Wildman–Crippen LogP) is 2.25. The lowest BCUT2D eigenvalue weighted by atomic mass is 10.1. The highest BCUT2D eigenvalue weighted by Gasteiger charge is 2.28. The number of aryl methyl sites for hydroxylation is 1. The molecular formula is C17H18ClF2N3O3. The predicted molar refractivity (Wildman–Crippen MR) is 95.5 cm³/mol. The average molecular weight is 386 g/mol. The molecule has 0 saturated carbocycles. The lowest BCUT2D eigenvalue weighted by Gasteiger charge is -2.23. The normalized spacial score (nSPS) is 17.2. The number of nitrogens with two attached hydrogens (primary N) is 1. The molecule has 0 aliphatic carbocycles. The van der Waals surface area contributed by atoms with E-state index < -0.39 is 29.5 Å². The van der Waals surface area contributed by atoms with Gasteiger partial charge in [-0.3, -0.25) is 4.79 Å². The maximum absolute atomic E-state index is 14.8. The molecule has 2 aromatic rings. The van der Waals surface area contributed by atoms with Crippen LogP contribution < -0.4 is 16.1 Å². The number of fused-ring (bicyclic) bond motifs is 1. The Morgan fingerprint density at radius 3 is 2.77 bits per heavy atom. The van der Waals surface area contributed by atoms with Crippen LogP contribution in [0.15, 0.2) is 17.1 Å². The third-order valence-corrected chi connectivity index (χ3v) is 5.08. The number of carboxylic acids is 1. The smallest absolute Gasteiger partial charge is 0.341 e. The number of carbonyl (C=O) groups is 1. The molecule has 140 valence electrons. The topological polar surface area (TPSA) is 88.6 Å². The monoisotopic (exact) mass is 385 g/mol. The van der Waals surface area contributed by atoms with Gasteiger partial charge >= 0.3 is 5.97 Å². The van der Waals surface area contributed by atoms with E-state index in [2.05, 4.69) is 0 Å². The third-order valence-electron chi connectivity index (χ3n) is 4.72. The summed E-state index contributed by atoms with van der Waals surface area (Å²) in [5, 5.41) is 8.98. The minimum atomic E-state index is -1.46. The lowest BCUT2D eigenvalue weighted by molar-refractivity contribution is 0.0694. The number of aromatic carboxylic acids is 1. The zero-order valence-electron chi connectivity index (χ0n) is 13.8. The highest BCUT2D eigenvalue weighted by molar-refractivity contribution is 6.38. The van der Waals surface area contributed by atoms with E-state index in [1.165, 1.54) is 4.57 Å². The summed E-state index contributed by atoms with van der Waals surface area (Å²) in [6, 6.07) is 0.982. The van der Waals surface area contributed by atoms with Crippen LogP contribution in [0.3, 0.4) is 0 Å². The van der Waals surface area contributed by atoms with Crippen LogP contribution in [0.1, 0.15) is 16.8 Å². The number of nitrogens with zero attached hydrogens (tertiary/aromatic N) is 2. The summed E-state index contributed by atoms with van der Waals surface area (Å²) in [4.78, 5) is 25.5. The summed E-state index contributed by atoms with van der Waals surface area (Å²) in [6.07, 6.45) is 1.84. The molecule has 1 atom stereocenters. The Kier molecular flexibility index (Phi) is 5.15. The summed E-state index contributed by atoms with van der Waals surface area (Å²) in [7, 11) is 0. The van der Waals surface area contributed by atoms with E-state index >= 15 is 0 Å². The molecule has 3 N–H and O–H groups in total. The summed E-state index contributed by atoms with van der Waals surface area (Å²) in [6.45, 7) is 0.563. The van der Waals surface area contributed by atoms with Crippen molar-refractivity contribution in [1.82, 2.24) is 4.57 Å². The first-order valence-electron chi connectivity index (χ1n) is 8.18. The SMILES string of the molecule is NCC1CCN(c2c(F)cc3c(=O)c(C(=O)O)cn(CCF)c3c2Cl)C1. The second-order valence-corrected chi connectivity index (χ2v) is 6.69. The van der Waals surface area contributed by atoms with Gasteiger partial charge in [-0.25, -0.2) is 13.6 Å². The lowest BCUT2D eigenvalue weighted by Crippen LogP contribution is -2.25. The number of alkyl halides is 1. The van der Waals surface area contributed by atoms with Gasteiger partial charge in [0.15, 0.2) is 0 Å². The van der Waals surface area contributed by atoms with Crippen LogP contribution in [0.2, 0.25) is 5.02 Å². The van der Waals surface area contributed by atoms with E-state index in [1.807, 2.05) is 0 Å². The molecule has 1 aromatic carbocycles. The molecule has 0 bridgehead atoms. The maximum Gasteiger partial charge on any atom is 0.341 e. The third kappa shape index (κ3) is 3.03. The first-order valence-corrected chi connectivity index (χ1v) is 8.56. The van der Waals surface area contributed by atoms with Gasteiger partial charge < -0.3 is 20.3 Å². The number of hydrogen-bond donors (Lipinski definition) is 2. The fourth-order valence-corrected chi connectivity index (χ4v) is 3.83. The van der Waals surface area contributed by atoms with Gasteiger partial charge in [0, 0.05) is 19.3 Å². The Morgan fingerprint density at radius 1 is 1.46 bits per heavy atom. The van der Waals surface area contributed by atoms with Crippen LogP contribution in [0.5, 0.6) is 0 Å². The van der Waals surface area contributed by atoms with Crippen LogP contribution in [0.4, 0.5) is 14.5 Å². The summed E-state index contributed by atoms with van der Waals surface area (Å²) >= 11 is 6.42. The van der Waals surface area contributed by atoms with Crippen molar-refractivity contribution < 1.29 is 18.7 Å². The van der Waals surface area contributed by atoms with Crippen molar-refractivity contribution in [2.75, 3.05) is 31.2 Å². The second kappa shape index (κ2) is 7.20. The van der Waals surface area contributed by atoms with Gasteiger partial charge in [-0.2, -0.15) is 0 Å². The van der Waals surface area contributed by atoms with Crippen molar-refractivity contribution in [3.63, 3.8) is 0 Å². The van der Waals surface area contributed by atoms with Crippen molar-refractivity contribution in [1.29, 1.82) is 0 Å². The Labute approximate surface area is 152 Å². The standard InChI is InChI=1S/C17H18ClF2N3O3/c18-13-14-10(16(24)11(17(25)26)8-23(14)4-2-19)5-12(20)15(13)22-3-1-9(6-21)7-22/h5,8-9H,1-4,6-7,21H2,(H,25,26). The van der Waals surface area contributed by atoms with Gasteiger partial charge in [-0.05, 0) is 24.9 Å². The molecule has 1 aromatic heterocycles. The molecule has 0 spiro atoms. The summed E-state index contributed by atoms with van der Waals surface area (Å²) in [5.74, 6) is -1.97. The summed E-state index contributed by atoms with van der Waals surface area (Å²) in [5.41, 5.74) is 4.53. The van der Waals surface area contributed by atoms with Gasteiger partial charge in [-0.1, -0.05) is 11.6 Å². The highest BCUT2D eigenvalue weighted by Crippen LogP contribution is 2.37. The van der Waals surface area contributed by atoms with Crippen LogP contribution >= 0.6 is 11.6 Å². The second-order valence-electron chi connectivity index (χ2n) is 6.31. The molecule has 1 aliphatic heterocycles. The molecule has 1 fully saturated rings. The molecule has 0 radical (unpaired) electrons. The molecule has 2 heterocycles. The number of pyridine rings is 1. The first-order chi connectivity index (χ1) is 12.4. The molecule has 9 heteroatoms. The maximum atomic E-state index is 14.8. The van der Waals surface area contributed by atoms with Crippen molar-refractivity contribution in [2.45, 2.75) is 13.0 Å². The summed E-state index contributed by atoms with van der Waals surface area (Å²) < 4.78 is 29.0. The van der Waals surface area contributed by atoms with Gasteiger partial charge in [-0.15, -0.1) is 0 Å². The average Bonchev–Trinajstić information content (AvgIpc) is 3.05. The van der Waals surface area contributed by atoms with Crippen molar-refractivity contribution >= 4 is 34.2 Å². The van der Waals surface area contributed by atoms with E-state index in [0.29, 0.717) is 19.6 Å². The van der Waals surface area contributed by atoms with E-state index in [4.69, 9.17) is 17.3 Å². The largest absolute Gasteiger partial charge is 0.477 e. The Bertz CT molecular complexity index is 932. The number of anilines is 1. The quantitative estimate of drug-likeness (QED) is 0.824. The van der Waals surface area contributed by atoms with Crippen LogP contribution in [0, 0.1) is 11.7 Å². The minimum absolute atomic E-state index is 0.0276. The highest BCUT2D eigenvalue weighted by atomic mass is 35.5. The number of carboxylic acid groups (broad SMARTS) is 1. The molecular weight excluding hydrogens is 368 g/mol. The Morgan fingerprint density at radius 2 is 2.19 bits per heavy atom. The number of benzene rings is 1. The fraction of sp³-hybridized carbons (Fsp3) is 0.412.